The number of carbonyl (C=O) groups is 1. The van der Waals surface area contributed by atoms with Gasteiger partial charge in [-0.25, -0.2) is 4.98 Å². The number of carboxylic acids is 1. The molecule has 0 bridgehead atoms. The van der Waals surface area contributed by atoms with E-state index in [1.165, 1.54) is 4.88 Å². The van der Waals surface area contributed by atoms with E-state index in [9.17, 15) is 9.90 Å². The Morgan fingerprint density at radius 1 is 1.19 bits per heavy atom. The van der Waals surface area contributed by atoms with E-state index in [1.54, 1.807) is 22.2 Å². The van der Waals surface area contributed by atoms with Gasteiger partial charge in [0.2, 0.25) is 11.8 Å². The van der Waals surface area contributed by atoms with Crippen LogP contribution in [0.25, 0.3) is 10.2 Å². The van der Waals surface area contributed by atoms with Crippen molar-refractivity contribution in [2.45, 2.75) is 57.1 Å². The number of nitrogens with zero attached hydrogens (tertiary/aromatic N) is 5. The molecule has 10 nitrogen and oxygen atoms in total. The fourth-order valence-electron chi connectivity index (χ4n) is 5.74. The van der Waals surface area contributed by atoms with E-state index in [1.807, 2.05) is 13.2 Å². The molecule has 1 saturated carbocycles. The molecule has 0 spiro atoms. The van der Waals surface area contributed by atoms with E-state index in [-0.39, 0.29) is 12.0 Å². The zero-order valence-electron chi connectivity index (χ0n) is 20.5. The summed E-state index contributed by atoms with van der Waals surface area (Å²) in [5.41, 5.74) is 1.86. The average Bonchev–Trinajstić information content (AvgIpc) is 3.47. The Morgan fingerprint density at radius 3 is 2.72 bits per heavy atom. The molecule has 3 aliphatic rings. The lowest BCUT2D eigenvalue weighted by atomic mass is 9.87. The Hall–Kier alpha value is -2.76. The SMILES string of the molecule is Cn1cc(Nc2nc(OC3CCC(N4CCOCC4)CC3)c3c4c(sc3n2)CC[C@H](C(=O)O)C4)cn1. The molecule has 2 fully saturated rings. The van der Waals surface area contributed by atoms with Crippen LogP contribution in [0.1, 0.15) is 42.5 Å². The van der Waals surface area contributed by atoms with Gasteiger partial charge in [0.25, 0.3) is 0 Å². The van der Waals surface area contributed by atoms with E-state index in [0.29, 0.717) is 30.7 Å². The van der Waals surface area contributed by atoms with Crippen LogP contribution < -0.4 is 10.1 Å². The van der Waals surface area contributed by atoms with Crippen molar-refractivity contribution < 1.29 is 19.4 Å². The number of aryl methyl sites for hydroxylation is 2. The Labute approximate surface area is 213 Å². The summed E-state index contributed by atoms with van der Waals surface area (Å²) >= 11 is 1.64. The Kier molecular flexibility index (Phi) is 6.53. The van der Waals surface area contributed by atoms with E-state index in [4.69, 9.17) is 19.4 Å². The molecule has 0 aromatic carbocycles. The third-order valence-corrected chi connectivity index (χ3v) is 8.85. The quantitative estimate of drug-likeness (QED) is 0.513. The topological polar surface area (TPSA) is 115 Å². The minimum atomic E-state index is -0.736. The second-order valence-electron chi connectivity index (χ2n) is 10.0. The molecule has 6 rings (SSSR count). The first-order valence-corrected chi connectivity index (χ1v) is 13.6. The first-order chi connectivity index (χ1) is 17.5. The molecule has 36 heavy (non-hydrogen) atoms. The molecule has 3 aromatic heterocycles. The third kappa shape index (κ3) is 4.79. The van der Waals surface area contributed by atoms with E-state index in [0.717, 1.165) is 79.9 Å². The molecule has 3 aromatic rings. The predicted molar refractivity (Wildman–Crippen MR) is 136 cm³/mol. The summed E-state index contributed by atoms with van der Waals surface area (Å²) in [6, 6.07) is 0.590. The molecule has 192 valence electrons. The molecule has 0 unspecified atom stereocenters. The summed E-state index contributed by atoms with van der Waals surface area (Å²) in [6.45, 7) is 3.67. The average molecular weight is 513 g/mol. The number of rotatable bonds is 6. The molecule has 4 heterocycles. The molecule has 1 saturated heterocycles. The number of hydrogen-bond acceptors (Lipinski definition) is 9. The lowest BCUT2D eigenvalue weighted by Gasteiger charge is -2.38. The first-order valence-electron chi connectivity index (χ1n) is 12.8. The van der Waals surface area contributed by atoms with Crippen molar-refractivity contribution >= 4 is 39.2 Å². The van der Waals surface area contributed by atoms with Crippen molar-refractivity contribution in [3.05, 3.63) is 22.8 Å². The van der Waals surface area contributed by atoms with Crippen molar-refractivity contribution in [1.82, 2.24) is 24.6 Å². The van der Waals surface area contributed by atoms with E-state index >= 15 is 0 Å². The van der Waals surface area contributed by atoms with Gasteiger partial charge in [-0.1, -0.05) is 0 Å². The lowest BCUT2D eigenvalue weighted by molar-refractivity contribution is -0.142. The Bertz CT molecular complexity index is 1240. The van der Waals surface area contributed by atoms with Gasteiger partial charge in [0.1, 0.15) is 10.9 Å². The van der Waals surface area contributed by atoms with Crippen LogP contribution in [-0.4, -0.2) is 74.2 Å². The smallest absolute Gasteiger partial charge is 0.306 e. The molecule has 0 amide bonds. The van der Waals surface area contributed by atoms with Crippen LogP contribution in [-0.2, 0) is 29.4 Å². The van der Waals surface area contributed by atoms with Gasteiger partial charge in [-0.15, -0.1) is 11.3 Å². The lowest BCUT2D eigenvalue weighted by Crippen LogP contribution is -2.46. The van der Waals surface area contributed by atoms with Gasteiger partial charge < -0.3 is 19.9 Å². The summed E-state index contributed by atoms with van der Waals surface area (Å²) in [4.78, 5) is 26.0. The number of nitrogens with one attached hydrogen (secondary N) is 1. The Morgan fingerprint density at radius 2 is 2.00 bits per heavy atom. The third-order valence-electron chi connectivity index (χ3n) is 7.67. The van der Waals surface area contributed by atoms with Crippen molar-refractivity contribution in [3.63, 3.8) is 0 Å². The van der Waals surface area contributed by atoms with Crippen molar-refractivity contribution in [3.8, 4) is 5.88 Å². The van der Waals surface area contributed by atoms with Gasteiger partial charge in [-0.05, 0) is 50.5 Å². The molecule has 2 aliphatic carbocycles. The van der Waals surface area contributed by atoms with Gasteiger partial charge in [-0.3, -0.25) is 14.4 Å². The minimum absolute atomic E-state index is 0.0843. The van der Waals surface area contributed by atoms with Gasteiger partial charge in [0.15, 0.2) is 0 Å². The number of aromatic nitrogens is 4. The highest BCUT2D eigenvalue weighted by atomic mass is 32.1. The number of hydrogen-bond donors (Lipinski definition) is 2. The number of thiophene rings is 1. The predicted octanol–water partition coefficient (Wildman–Crippen LogP) is 3.38. The van der Waals surface area contributed by atoms with Crippen molar-refractivity contribution in [2.24, 2.45) is 13.0 Å². The van der Waals surface area contributed by atoms with Crippen LogP contribution in [0, 0.1) is 5.92 Å². The zero-order chi connectivity index (χ0) is 24.6. The number of anilines is 2. The number of aliphatic carboxylic acids is 1. The van der Waals surface area contributed by atoms with E-state index in [2.05, 4.69) is 15.3 Å². The summed E-state index contributed by atoms with van der Waals surface area (Å²) in [7, 11) is 1.86. The molecule has 2 N–H and O–H groups in total. The normalized spacial score (nSPS) is 25.0. The number of fused-ring (bicyclic) bond motifs is 3. The molecular formula is C25H32N6O4S. The van der Waals surface area contributed by atoms with Crippen LogP contribution in [0.15, 0.2) is 12.4 Å². The van der Waals surface area contributed by atoms with Crippen LogP contribution in [0.3, 0.4) is 0 Å². The van der Waals surface area contributed by atoms with Crippen LogP contribution in [0.2, 0.25) is 0 Å². The van der Waals surface area contributed by atoms with Crippen LogP contribution in [0.5, 0.6) is 5.88 Å². The van der Waals surface area contributed by atoms with Crippen LogP contribution >= 0.6 is 11.3 Å². The highest BCUT2D eigenvalue weighted by Crippen LogP contribution is 2.42. The molecule has 11 heteroatoms. The van der Waals surface area contributed by atoms with Gasteiger partial charge >= 0.3 is 5.97 Å². The van der Waals surface area contributed by atoms with Gasteiger partial charge in [-0.2, -0.15) is 10.1 Å². The molecule has 1 atom stereocenters. The van der Waals surface area contributed by atoms with E-state index < -0.39 is 5.97 Å². The second-order valence-corrected chi connectivity index (χ2v) is 11.1. The largest absolute Gasteiger partial charge is 0.481 e. The maximum Gasteiger partial charge on any atom is 0.306 e. The number of morpholine rings is 1. The highest BCUT2D eigenvalue weighted by Gasteiger charge is 2.32. The maximum absolute atomic E-state index is 11.8. The second kappa shape index (κ2) is 9.95. The molecule has 0 radical (unpaired) electrons. The van der Waals surface area contributed by atoms with Crippen LogP contribution in [0.4, 0.5) is 11.6 Å². The maximum atomic E-state index is 11.8. The summed E-state index contributed by atoms with van der Waals surface area (Å²) < 4.78 is 13.9. The first kappa shape index (κ1) is 23.6. The number of ether oxygens (including phenoxy) is 2. The molecule has 1 aliphatic heterocycles. The highest BCUT2D eigenvalue weighted by molar-refractivity contribution is 7.18. The minimum Gasteiger partial charge on any atom is -0.481 e. The Balaban J connectivity index is 1.28. The van der Waals surface area contributed by atoms with Gasteiger partial charge in [0.05, 0.1) is 36.4 Å². The number of carboxylic acid groups (broad SMARTS) is 1. The summed E-state index contributed by atoms with van der Waals surface area (Å²) in [5.74, 6) is -0.0642. The zero-order valence-corrected chi connectivity index (χ0v) is 21.3. The van der Waals surface area contributed by atoms with Gasteiger partial charge in [0, 0.05) is 37.3 Å². The molecular weight excluding hydrogens is 480 g/mol. The fourth-order valence-corrected chi connectivity index (χ4v) is 6.94. The van der Waals surface area contributed by atoms with Crippen molar-refractivity contribution in [2.75, 3.05) is 31.6 Å². The summed E-state index contributed by atoms with van der Waals surface area (Å²) in [5, 5.41) is 18.0. The van der Waals surface area contributed by atoms with Crippen molar-refractivity contribution in [1.29, 1.82) is 0 Å². The summed E-state index contributed by atoms with van der Waals surface area (Å²) in [6.07, 6.45) is 9.76. The standard InChI is InChI=1S/C25H32N6O4S/c1-30-14-16(13-26-30)27-25-28-22(35-18-5-3-17(4-6-18)31-8-10-34-11-9-31)21-19-12-15(24(32)33)2-7-20(19)36-23(21)29-25/h13-15,17-18H,2-12H2,1H3,(H,32,33)(H,27,28,29)/t15-,17?,18?/m0/s1. The monoisotopic (exact) mass is 512 g/mol. The fraction of sp³-hybridized carbons (Fsp3) is 0.600.